The Morgan fingerprint density at radius 1 is 1.20 bits per heavy atom. The topological polar surface area (TPSA) is 29.9 Å². The maximum absolute atomic E-state index is 14.0. The lowest BCUT2D eigenvalue weighted by Gasteiger charge is -2.07. The van der Waals surface area contributed by atoms with Gasteiger partial charge in [-0.2, -0.15) is 0 Å². The molecule has 0 bridgehead atoms. The number of benzene rings is 2. The van der Waals surface area contributed by atoms with Crippen molar-refractivity contribution in [3.05, 3.63) is 52.8 Å². The van der Waals surface area contributed by atoms with Crippen molar-refractivity contribution in [3.63, 3.8) is 0 Å². The van der Waals surface area contributed by atoms with Crippen molar-refractivity contribution in [1.29, 1.82) is 0 Å². The van der Waals surface area contributed by atoms with Crippen molar-refractivity contribution >= 4 is 23.3 Å². The summed E-state index contributed by atoms with van der Waals surface area (Å²) in [6.45, 7) is 0. The van der Waals surface area contributed by atoms with Crippen LogP contribution < -0.4 is 4.74 Å². The third kappa shape index (κ3) is 1.89. The zero-order chi connectivity index (χ0) is 14.3. The Labute approximate surface area is 118 Å². The van der Waals surface area contributed by atoms with Crippen molar-refractivity contribution < 1.29 is 13.5 Å². The van der Waals surface area contributed by atoms with E-state index in [2.05, 4.69) is 4.98 Å². The van der Waals surface area contributed by atoms with Crippen LogP contribution in [0.2, 0.25) is 0 Å². The highest BCUT2D eigenvalue weighted by atomic mass is 32.1. The van der Waals surface area contributed by atoms with E-state index in [1.54, 1.807) is 25.3 Å². The Hall–Kier alpha value is -2.21. The highest BCUT2D eigenvalue weighted by molar-refractivity contribution is 7.71. The minimum atomic E-state index is -0.676. The molecule has 0 spiro atoms. The second-order valence-corrected chi connectivity index (χ2v) is 4.60. The van der Waals surface area contributed by atoms with E-state index in [1.165, 1.54) is 16.7 Å². The van der Waals surface area contributed by atoms with Gasteiger partial charge >= 0.3 is 0 Å². The number of imidazole rings is 1. The van der Waals surface area contributed by atoms with Crippen molar-refractivity contribution in [1.82, 2.24) is 9.55 Å². The molecule has 0 amide bonds. The molecule has 0 atom stereocenters. The van der Waals surface area contributed by atoms with Gasteiger partial charge in [-0.25, -0.2) is 8.78 Å². The maximum atomic E-state index is 14.0. The standard InChI is InChI=1S/C14H10F2N2OS/c1-19-12-4-2-3-11-13(12)17-14(20)18(11)10-6-5-8(15)7-9(10)16/h2-7H,1H3,(H,17,20). The number of methoxy groups -OCH3 is 1. The Morgan fingerprint density at radius 2 is 2.00 bits per heavy atom. The first-order valence-corrected chi connectivity index (χ1v) is 6.26. The van der Waals surface area contributed by atoms with Crippen molar-refractivity contribution in [2.45, 2.75) is 0 Å². The van der Waals surface area contributed by atoms with Crippen molar-refractivity contribution in [2.75, 3.05) is 7.11 Å². The van der Waals surface area contributed by atoms with Crippen molar-refractivity contribution in [2.24, 2.45) is 0 Å². The predicted octanol–water partition coefficient (Wildman–Crippen LogP) is 3.97. The molecule has 6 heteroatoms. The van der Waals surface area contributed by atoms with E-state index >= 15 is 0 Å². The van der Waals surface area contributed by atoms with Crippen LogP contribution in [0.25, 0.3) is 16.7 Å². The van der Waals surface area contributed by atoms with Gasteiger partial charge in [0.25, 0.3) is 0 Å². The third-order valence-electron chi connectivity index (χ3n) is 3.05. The lowest BCUT2D eigenvalue weighted by molar-refractivity contribution is 0.419. The fraction of sp³-hybridized carbons (Fsp3) is 0.0714. The van der Waals surface area contributed by atoms with Crippen molar-refractivity contribution in [3.8, 4) is 11.4 Å². The number of hydrogen-bond donors (Lipinski definition) is 1. The zero-order valence-corrected chi connectivity index (χ0v) is 11.3. The summed E-state index contributed by atoms with van der Waals surface area (Å²) in [6.07, 6.45) is 0. The molecule has 0 aliphatic rings. The molecule has 0 fully saturated rings. The Kier molecular flexibility index (Phi) is 3.02. The number of fused-ring (bicyclic) bond motifs is 1. The monoisotopic (exact) mass is 292 g/mol. The summed E-state index contributed by atoms with van der Waals surface area (Å²) >= 11 is 5.23. The molecular formula is C14H10F2N2OS. The number of ether oxygens (including phenoxy) is 1. The number of aromatic amines is 1. The van der Waals surface area contributed by atoms with Gasteiger partial charge in [0.15, 0.2) is 4.77 Å². The first-order valence-electron chi connectivity index (χ1n) is 5.85. The molecule has 0 radical (unpaired) electrons. The minimum absolute atomic E-state index is 0.191. The number of H-pyrrole nitrogens is 1. The molecule has 1 N–H and O–H groups in total. The van der Waals surface area contributed by atoms with Gasteiger partial charge in [0.05, 0.1) is 18.3 Å². The number of rotatable bonds is 2. The number of para-hydroxylation sites is 1. The van der Waals surface area contributed by atoms with E-state index in [-0.39, 0.29) is 5.69 Å². The van der Waals surface area contributed by atoms with E-state index in [9.17, 15) is 8.78 Å². The van der Waals surface area contributed by atoms with Crippen LogP contribution in [0.5, 0.6) is 5.75 Å². The van der Waals surface area contributed by atoms with E-state index in [0.717, 1.165) is 6.07 Å². The van der Waals surface area contributed by atoms with Gasteiger partial charge in [0.1, 0.15) is 22.9 Å². The minimum Gasteiger partial charge on any atom is -0.494 e. The molecule has 3 rings (SSSR count). The average molecular weight is 292 g/mol. The molecule has 1 heterocycles. The van der Waals surface area contributed by atoms with Crippen LogP contribution in [0.4, 0.5) is 8.78 Å². The zero-order valence-electron chi connectivity index (χ0n) is 10.5. The SMILES string of the molecule is COc1cccc2c1[nH]c(=S)n2-c1ccc(F)cc1F. The number of hydrogen-bond acceptors (Lipinski definition) is 2. The molecule has 1 aromatic heterocycles. The van der Waals surface area contributed by atoms with Gasteiger partial charge in [-0.3, -0.25) is 4.57 Å². The third-order valence-corrected chi connectivity index (χ3v) is 3.34. The van der Waals surface area contributed by atoms with E-state index in [0.29, 0.717) is 21.6 Å². The van der Waals surface area contributed by atoms with Gasteiger partial charge < -0.3 is 9.72 Å². The molecule has 3 nitrogen and oxygen atoms in total. The summed E-state index contributed by atoms with van der Waals surface area (Å²) in [5, 5.41) is 0. The number of halogens is 2. The average Bonchev–Trinajstić information content (AvgIpc) is 2.75. The highest BCUT2D eigenvalue weighted by Crippen LogP contribution is 2.28. The second-order valence-electron chi connectivity index (χ2n) is 4.22. The number of aromatic nitrogens is 2. The fourth-order valence-corrected chi connectivity index (χ4v) is 2.47. The van der Waals surface area contributed by atoms with Crippen LogP contribution in [0, 0.1) is 16.4 Å². The van der Waals surface area contributed by atoms with Gasteiger partial charge in [-0.15, -0.1) is 0 Å². The predicted molar refractivity (Wildman–Crippen MR) is 74.9 cm³/mol. The number of nitrogens with one attached hydrogen (secondary N) is 1. The van der Waals surface area contributed by atoms with E-state index < -0.39 is 11.6 Å². The van der Waals surface area contributed by atoms with E-state index in [4.69, 9.17) is 17.0 Å². The molecule has 0 aliphatic carbocycles. The summed E-state index contributed by atoms with van der Waals surface area (Å²) in [4.78, 5) is 2.98. The molecule has 0 saturated heterocycles. The highest BCUT2D eigenvalue weighted by Gasteiger charge is 2.13. The summed E-state index contributed by atoms with van der Waals surface area (Å²) in [7, 11) is 1.54. The molecule has 20 heavy (non-hydrogen) atoms. The maximum Gasteiger partial charge on any atom is 0.182 e. The molecule has 102 valence electrons. The summed E-state index contributed by atoms with van der Waals surface area (Å²) in [5.41, 5.74) is 1.53. The Bertz CT molecular complexity index is 854. The van der Waals surface area contributed by atoms with Crippen LogP contribution >= 0.6 is 12.2 Å². The second kappa shape index (κ2) is 4.72. The van der Waals surface area contributed by atoms with Gasteiger partial charge in [-0.05, 0) is 36.5 Å². The Morgan fingerprint density at radius 3 is 2.70 bits per heavy atom. The number of nitrogens with zero attached hydrogens (tertiary/aromatic N) is 1. The first-order chi connectivity index (χ1) is 9.61. The van der Waals surface area contributed by atoms with E-state index in [1.807, 2.05) is 0 Å². The summed E-state index contributed by atoms with van der Waals surface area (Å²) in [5.74, 6) is -0.699. The molecule has 0 aliphatic heterocycles. The van der Waals surface area contributed by atoms with Crippen LogP contribution in [0.1, 0.15) is 0 Å². The molecular weight excluding hydrogens is 282 g/mol. The normalized spacial score (nSPS) is 10.9. The van der Waals surface area contributed by atoms with Crippen LogP contribution in [0.15, 0.2) is 36.4 Å². The first kappa shape index (κ1) is 12.8. The Balaban J connectivity index is 2.37. The summed E-state index contributed by atoms with van der Waals surface area (Å²) in [6, 6.07) is 8.72. The van der Waals surface area contributed by atoms with Gasteiger partial charge in [0, 0.05) is 6.07 Å². The van der Waals surface area contributed by atoms with Gasteiger partial charge in [-0.1, -0.05) is 6.07 Å². The largest absolute Gasteiger partial charge is 0.494 e. The lowest BCUT2D eigenvalue weighted by atomic mass is 10.2. The smallest absolute Gasteiger partial charge is 0.182 e. The van der Waals surface area contributed by atoms with Gasteiger partial charge in [0.2, 0.25) is 0 Å². The molecule has 2 aromatic carbocycles. The molecule has 0 saturated carbocycles. The lowest BCUT2D eigenvalue weighted by Crippen LogP contribution is -1.98. The summed E-state index contributed by atoms with van der Waals surface area (Å²) < 4.78 is 34.0. The van der Waals surface area contributed by atoms with Crippen LogP contribution in [-0.4, -0.2) is 16.7 Å². The molecule has 3 aromatic rings. The van der Waals surface area contributed by atoms with Crippen LogP contribution in [0.3, 0.4) is 0 Å². The quantitative estimate of drug-likeness (QED) is 0.724. The van der Waals surface area contributed by atoms with Crippen LogP contribution in [-0.2, 0) is 0 Å². The molecule has 0 unspecified atom stereocenters. The fourth-order valence-electron chi connectivity index (χ4n) is 2.18.